The molecule has 0 aliphatic carbocycles. The van der Waals surface area contributed by atoms with E-state index in [9.17, 15) is 0 Å². The standard InChI is InChI=1S/C17H14N8S/c1-2-24-9-12(7-20-24)14-8-19-15-16(21-14)25(23-22-15)10-13-6-11-4-3-5-18-17(11)26-13/h3-9H,2,10H2,1H3. The van der Waals surface area contributed by atoms with Crippen molar-refractivity contribution in [3.05, 3.63) is 47.9 Å². The fourth-order valence-corrected chi connectivity index (χ4v) is 3.80. The second-order valence-corrected chi connectivity index (χ2v) is 6.96. The highest BCUT2D eigenvalue weighted by Crippen LogP contribution is 2.25. The van der Waals surface area contributed by atoms with Crippen molar-refractivity contribution in [3.8, 4) is 11.3 Å². The Kier molecular flexibility index (Phi) is 3.45. The fraction of sp³-hybridized carbons (Fsp3) is 0.176. The summed E-state index contributed by atoms with van der Waals surface area (Å²) in [5.41, 5.74) is 2.90. The first-order valence-corrected chi connectivity index (χ1v) is 9.04. The summed E-state index contributed by atoms with van der Waals surface area (Å²) in [6, 6.07) is 6.13. The van der Waals surface area contributed by atoms with Gasteiger partial charge < -0.3 is 0 Å². The molecule has 0 spiro atoms. The van der Waals surface area contributed by atoms with Crippen LogP contribution in [0.5, 0.6) is 0 Å². The molecule has 0 aliphatic heterocycles. The van der Waals surface area contributed by atoms with Crippen LogP contribution in [-0.4, -0.2) is 39.7 Å². The Bertz CT molecular complexity index is 1180. The van der Waals surface area contributed by atoms with Crippen LogP contribution in [0.15, 0.2) is 43.0 Å². The molecule has 128 valence electrons. The number of rotatable bonds is 4. The Labute approximate surface area is 152 Å². The van der Waals surface area contributed by atoms with Crippen LogP contribution in [0.25, 0.3) is 32.8 Å². The SMILES string of the molecule is CCn1cc(-c2cnc3nnn(Cc4cc5cccnc5s4)c3n2)cn1. The maximum Gasteiger partial charge on any atom is 0.221 e. The van der Waals surface area contributed by atoms with Crippen LogP contribution in [0.2, 0.25) is 0 Å². The normalized spacial score (nSPS) is 11.6. The first kappa shape index (κ1) is 15.1. The van der Waals surface area contributed by atoms with E-state index in [2.05, 4.69) is 37.5 Å². The largest absolute Gasteiger partial charge is 0.272 e. The zero-order valence-corrected chi connectivity index (χ0v) is 14.8. The van der Waals surface area contributed by atoms with Crippen LogP contribution in [-0.2, 0) is 13.1 Å². The summed E-state index contributed by atoms with van der Waals surface area (Å²) in [7, 11) is 0. The molecule has 26 heavy (non-hydrogen) atoms. The van der Waals surface area contributed by atoms with Gasteiger partial charge in [-0.15, -0.1) is 16.4 Å². The van der Waals surface area contributed by atoms with Crippen molar-refractivity contribution in [2.45, 2.75) is 20.0 Å². The highest BCUT2D eigenvalue weighted by Gasteiger charge is 2.12. The zero-order valence-electron chi connectivity index (χ0n) is 13.9. The quantitative estimate of drug-likeness (QED) is 0.488. The zero-order chi connectivity index (χ0) is 17.5. The number of pyridine rings is 1. The minimum atomic E-state index is 0.538. The molecular formula is C17H14N8S. The van der Waals surface area contributed by atoms with Crippen LogP contribution in [0.4, 0.5) is 0 Å². The third kappa shape index (κ3) is 2.53. The third-order valence-corrected chi connectivity index (χ3v) is 5.17. The second-order valence-electron chi connectivity index (χ2n) is 5.84. The second kappa shape index (κ2) is 5.95. The van der Waals surface area contributed by atoms with Crippen molar-refractivity contribution in [1.29, 1.82) is 0 Å². The molecule has 5 heterocycles. The van der Waals surface area contributed by atoms with Gasteiger partial charge in [0.1, 0.15) is 4.83 Å². The monoisotopic (exact) mass is 362 g/mol. The van der Waals surface area contributed by atoms with E-state index in [0.29, 0.717) is 17.8 Å². The topological polar surface area (TPSA) is 87.2 Å². The average molecular weight is 362 g/mol. The van der Waals surface area contributed by atoms with E-state index in [1.165, 1.54) is 0 Å². The van der Waals surface area contributed by atoms with Crippen LogP contribution in [0, 0.1) is 0 Å². The molecule has 5 aromatic rings. The summed E-state index contributed by atoms with van der Waals surface area (Å²) < 4.78 is 3.64. The third-order valence-electron chi connectivity index (χ3n) is 4.13. The number of fused-ring (bicyclic) bond motifs is 2. The van der Waals surface area contributed by atoms with Crippen LogP contribution in [0.1, 0.15) is 11.8 Å². The lowest BCUT2D eigenvalue weighted by atomic mass is 10.3. The van der Waals surface area contributed by atoms with Crippen LogP contribution in [0.3, 0.4) is 0 Å². The number of hydrogen-bond donors (Lipinski definition) is 0. The highest BCUT2D eigenvalue weighted by molar-refractivity contribution is 7.18. The molecule has 9 heteroatoms. The average Bonchev–Trinajstić information content (AvgIpc) is 3.39. The summed E-state index contributed by atoms with van der Waals surface area (Å²) in [6.45, 7) is 3.45. The maximum absolute atomic E-state index is 4.71. The molecule has 0 radical (unpaired) electrons. The number of aromatic nitrogens is 8. The Morgan fingerprint density at radius 2 is 2.15 bits per heavy atom. The van der Waals surface area contributed by atoms with E-state index in [0.717, 1.165) is 32.9 Å². The predicted octanol–water partition coefficient (Wildman–Crippen LogP) is 2.76. The lowest BCUT2D eigenvalue weighted by molar-refractivity contribution is 0.660. The molecule has 0 saturated carbocycles. The van der Waals surface area contributed by atoms with Gasteiger partial charge in [0.05, 0.1) is 24.6 Å². The molecule has 0 atom stereocenters. The first-order valence-electron chi connectivity index (χ1n) is 8.22. The Hall–Kier alpha value is -3.20. The van der Waals surface area contributed by atoms with E-state index in [4.69, 9.17) is 4.98 Å². The molecule has 0 saturated heterocycles. The fourth-order valence-electron chi connectivity index (χ4n) is 2.82. The molecule has 0 N–H and O–H groups in total. The van der Waals surface area contributed by atoms with E-state index in [-0.39, 0.29) is 0 Å². The van der Waals surface area contributed by atoms with Gasteiger partial charge in [-0.05, 0) is 19.1 Å². The molecule has 5 aromatic heterocycles. The van der Waals surface area contributed by atoms with Gasteiger partial charge in [0.25, 0.3) is 0 Å². The van der Waals surface area contributed by atoms with E-state index < -0.39 is 0 Å². The van der Waals surface area contributed by atoms with Crippen molar-refractivity contribution in [2.24, 2.45) is 0 Å². The van der Waals surface area contributed by atoms with Gasteiger partial charge in [-0.3, -0.25) is 4.68 Å². The van der Waals surface area contributed by atoms with Crippen molar-refractivity contribution in [1.82, 2.24) is 39.7 Å². The Morgan fingerprint density at radius 1 is 1.19 bits per heavy atom. The summed E-state index contributed by atoms with van der Waals surface area (Å²) in [5, 5.41) is 13.8. The summed E-state index contributed by atoms with van der Waals surface area (Å²) in [5.74, 6) is 0. The van der Waals surface area contributed by atoms with E-state index >= 15 is 0 Å². The van der Waals surface area contributed by atoms with Crippen molar-refractivity contribution >= 4 is 32.8 Å². The highest BCUT2D eigenvalue weighted by atomic mass is 32.1. The van der Waals surface area contributed by atoms with Gasteiger partial charge in [-0.25, -0.2) is 19.6 Å². The Balaban J connectivity index is 1.54. The lowest BCUT2D eigenvalue weighted by Gasteiger charge is -2.00. The first-order chi connectivity index (χ1) is 12.8. The van der Waals surface area contributed by atoms with Crippen LogP contribution >= 0.6 is 11.3 Å². The van der Waals surface area contributed by atoms with E-state index in [1.54, 1.807) is 28.4 Å². The van der Waals surface area contributed by atoms with Gasteiger partial charge in [-0.1, -0.05) is 11.3 Å². The molecule has 0 aromatic carbocycles. The predicted molar refractivity (Wildman–Crippen MR) is 98.7 cm³/mol. The molecule has 0 amide bonds. The molecule has 0 bridgehead atoms. The van der Waals surface area contributed by atoms with E-state index in [1.807, 2.05) is 30.1 Å². The summed E-state index contributed by atoms with van der Waals surface area (Å²) >= 11 is 1.65. The number of aryl methyl sites for hydroxylation is 1. The molecule has 5 rings (SSSR count). The minimum Gasteiger partial charge on any atom is -0.272 e. The smallest absolute Gasteiger partial charge is 0.221 e. The summed E-state index contributed by atoms with van der Waals surface area (Å²) in [6.07, 6.45) is 7.27. The number of nitrogens with zero attached hydrogens (tertiary/aromatic N) is 8. The molecule has 0 aliphatic rings. The number of hydrogen-bond acceptors (Lipinski definition) is 7. The van der Waals surface area contributed by atoms with Gasteiger partial charge in [0.2, 0.25) is 5.65 Å². The van der Waals surface area contributed by atoms with Crippen molar-refractivity contribution in [2.75, 3.05) is 0 Å². The lowest BCUT2D eigenvalue weighted by Crippen LogP contribution is -2.02. The van der Waals surface area contributed by atoms with Crippen LogP contribution < -0.4 is 0 Å². The minimum absolute atomic E-state index is 0.538. The van der Waals surface area contributed by atoms with Gasteiger partial charge in [0.15, 0.2) is 5.65 Å². The van der Waals surface area contributed by atoms with Gasteiger partial charge in [0, 0.05) is 34.8 Å². The molecular weight excluding hydrogens is 348 g/mol. The molecule has 0 unspecified atom stereocenters. The summed E-state index contributed by atoms with van der Waals surface area (Å²) in [4.78, 5) is 15.7. The molecule has 0 fully saturated rings. The molecule has 8 nitrogen and oxygen atoms in total. The Morgan fingerprint density at radius 3 is 3.00 bits per heavy atom. The van der Waals surface area contributed by atoms with Gasteiger partial charge >= 0.3 is 0 Å². The number of thiophene rings is 1. The maximum atomic E-state index is 4.71. The van der Waals surface area contributed by atoms with Gasteiger partial charge in [-0.2, -0.15) is 5.10 Å². The van der Waals surface area contributed by atoms with Crippen molar-refractivity contribution < 1.29 is 0 Å². The van der Waals surface area contributed by atoms with Crippen molar-refractivity contribution in [3.63, 3.8) is 0 Å².